The van der Waals surface area contributed by atoms with Crippen LogP contribution in [-0.2, 0) is 5.54 Å². The fourth-order valence-electron chi connectivity index (χ4n) is 1.60. The topological polar surface area (TPSA) is 66.9 Å². The first-order chi connectivity index (χ1) is 7.50. The maximum Gasteiger partial charge on any atom is 0.330 e. The molecule has 1 rings (SSSR count). The van der Waals surface area contributed by atoms with Gasteiger partial charge in [-0.1, -0.05) is 7.43 Å². The van der Waals surface area contributed by atoms with Crippen LogP contribution in [0.3, 0.4) is 0 Å². The lowest BCUT2D eigenvalue weighted by molar-refractivity contribution is 0.367. The predicted molar refractivity (Wildman–Crippen MR) is 76.4 cm³/mol. The Morgan fingerprint density at radius 3 is 1.94 bits per heavy atom. The van der Waals surface area contributed by atoms with E-state index in [-0.39, 0.29) is 18.5 Å². The smallest absolute Gasteiger partial charge is 0.330 e. The molecule has 1 aromatic heterocycles. The van der Waals surface area contributed by atoms with Crippen molar-refractivity contribution in [1.29, 1.82) is 0 Å². The molecule has 0 saturated carbocycles. The maximum absolute atomic E-state index is 11.9. The summed E-state index contributed by atoms with van der Waals surface area (Å²) in [5, 5.41) is 3.07. The Morgan fingerprint density at radius 2 is 1.61 bits per heavy atom. The van der Waals surface area contributed by atoms with Crippen LogP contribution in [0.4, 0.5) is 5.82 Å². The van der Waals surface area contributed by atoms with Crippen molar-refractivity contribution in [3.05, 3.63) is 26.9 Å². The van der Waals surface area contributed by atoms with Crippen molar-refractivity contribution in [1.82, 2.24) is 9.55 Å². The van der Waals surface area contributed by atoms with Gasteiger partial charge in [0.05, 0.1) is 0 Å². The Kier molecular flexibility index (Phi) is 4.58. The highest BCUT2D eigenvalue weighted by Crippen LogP contribution is 2.10. The van der Waals surface area contributed by atoms with Crippen molar-refractivity contribution in [3.63, 3.8) is 0 Å². The van der Waals surface area contributed by atoms with Gasteiger partial charge in [0.25, 0.3) is 5.56 Å². The van der Waals surface area contributed by atoms with Gasteiger partial charge in [-0.05, 0) is 41.5 Å². The van der Waals surface area contributed by atoms with E-state index in [0.717, 1.165) is 0 Å². The van der Waals surface area contributed by atoms with E-state index in [9.17, 15) is 9.59 Å². The van der Waals surface area contributed by atoms with Gasteiger partial charge in [-0.3, -0.25) is 14.3 Å². The van der Waals surface area contributed by atoms with Gasteiger partial charge in [0.2, 0.25) is 0 Å². The highest BCUT2D eigenvalue weighted by Gasteiger charge is 2.19. The lowest BCUT2D eigenvalue weighted by Crippen LogP contribution is -2.45. The molecular formula is C13H25N3O2. The fraction of sp³-hybridized carbons (Fsp3) is 0.692. The largest absolute Gasteiger partial charge is 0.367 e. The minimum atomic E-state index is -0.523. The Hall–Kier alpha value is -1.52. The first kappa shape index (κ1) is 16.5. The molecule has 0 aliphatic heterocycles. The zero-order chi connectivity index (χ0) is 13.4. The Morgan fingerprint density at radius 1 is 1.11 bits per heavy atom. The third-order valence-electron chi connectivity index (χ3n) is 2.11. The van der Waals surface area contributed by atoms with Gasteiger partial charge in [0, 0.05) is 17.1 Å². The standard InChI is InChI=1S/C12H21N3O2.CH4/c1-11(2,3)14-8-7-9(16)15(10(17)13-8)12(4,5)6;/h7,14H,1-6H3,(H,13,17);1H4. The van der Waals surface area contributed by atoms with Crippen LogP contribution in [0.25, 0.3) is 0 Å². The van der Waals surface area contributed by atoms with E-state index in [4.69, 9.17) is 0 Å². The highest BCUT2D eigenvalue weighted by atomic mass is 16.2. The molecule has 0 radical (unpaired) electrons. The molecule has 0 unspecified atom stereocenters. The third kappa shape index (κ3) is 4.05. The molecule has 0 aliphatic rings. The predicted octanol–water partition coefficient (Wildman–Crippen LogP) is 2.14. The molecule has 5 heteroatoms. The molecule has 0 spiro atoms. The van der Waals surface area contributed by atoms with Crippen LogP contribution < -0.4 is 16.6 Å². The molecule has 104 valence electrons. The molecule has 0 amide bonds. The minimum absolute atomic E-state index is 0. The number of hydrogen-bond acceptors (Lipinski definition) is 3. The van der Waals surface area contributed by atoms with Gasteiger partial charge in [-0.25, -0.2) is 4.79 Å². The molecule has 0 saturated heterocycles. The first-order valence-corrected chi connectivity index (χ1v) is 5.66. The molecule has 0 atom stereocenters. The number of aromatic amines is 1. The SMILES string of the molecule is C.CC(C)(C)Nc1cc(=O)n(C(C)(C)C)c(=O)[nH]1. The number of H-pyrrole nitrogens is 1. The average Bonchev–Trinajstić information content (AvgIpc) is 1.94. The van der Waals surface area contributed by atoms with E-state index in [1.54, 1.807) is 0 Å². The number of rotatable bonds is 1. The van der Waals surface area contributed by atoms with Crippen LogP contribution in [0, 0.1) is 0 Å². The second-order valence-electron chi connectivity index (χ2n) is 6.21. The van der Waals surface area contributed by atoms with Gasteiger partial charge in [-0.2, -0.15) is 0 Å². The second-order valence-corrected chi connectivity index (χ2v) is 6.21. The summed E-state index contributed by atoms with van der Waals surface area (Å²) in [5.74, 6) is 0.452. The Balaban J connectivity index is 0.00000289. The third-order valence-corrected chi connectivity index (χ3v) is 2.11. The van der Waals surface area contributed by atoms with Gasteiger partial charge in [-0.15, -0.1) is 0 Å². The van der Waals surface area contributed by atoms with E-state index >= 15 is 0 Å². The van der Waals surface area contributed by atoms with E-state index in [1.807, 2.05) is 41.5 Å². The summed E-state index contributed by atoms with van der Waals surface area (Å²) in [4.78, 5) is 26.4. The lowest BCUT2D eigenvalue weighted by Gasteiger charge is -2.24. The molecule has 1 aromatic rings. The van der Waals surface area contributed by atoms with Crippen LogP contribution in [0.5, 0.6) is 0 Å². The molecular weight excluding hydrogens is 230 g/mol. The van der Waals surface area contributed by atoms with Crippen LogP contribution in [0.15, 0.2) is 15.7 Å². The van der Waals surface area contributed by atoms with Crippen LogP contribution in [0.2, 0.25) is 0 Å². The van der Waals surface area contributed by atoms with Gasteiger partial charge in [0.1, 0.15) is 5.82 Å². The molecule has 0 bridgehead atoms. The van der Waals surface area contributed by atoms with Crippen molar-refractivity contribution in [2.24, 2.45) is 0 Å². The molecule has 0 aliphatic carbocycles. The zero-order valence-corrected chi connectivity index (χ0v) is 11.3. The van der Waals surface area contributed by atoms with E-state index in [1.165, 1.54) is 10.6 Å². The van der Waals surface area contributed by atoms with Crippen molar-refractivity contribution < 1.29 is 0 Å². The van der Waals surface area contributed by atoms with Gasteiger partial charge >= 0.3 is 5.69 Å². The lowest BCUT2D eigenvalue weighted by atomic mass is 10.1. The van der Waals surface area contributed by atoms with E-state index < -0.39 is 11.2 Å². The second kappa shape index (κ2) is 5.00. The van der Waals surface area contributed by atoms with Crippen molar-refractivity contribution in [2.75, 3.05) is 5.32 Å². The minimum Gasteiger partial charge on any atom is -0.367 e. The summed E-state index contributed by atoms with van der Waals surface area (Å²) in [6.07, 6.45) is 0. The fourth-order valence-corrected chi connectivity index (χ4v) is 1.60. The summed E-state index contributed by atoms with van der Waals surface area (Å²) in [6, 6.07) is 1.41. The average molecular weight is 255 g/mol. The first-order valence-electron chi connectivity index (χ1n) is 5.66. The highest BCUT2D eigenvalue weighted by molar-refractivity contribution is 5.34. The molecule has 0 aromatic carbocycles. The molecule has 0 fully saturated rings. The summed E-state index contributed by atoms with van der Waals surface area (Å²) < 4.78 is 1.21. The van der Waals surface area contributed by atoms with Crippen molar-refractivity contribution in [3.8, 4) is 0 Å². The quantitative estimate of drug-likeness (QED) is 0.808. The van der Waals surface area contributed by atoms with Gasteiger partial charge < -0.3 is 5.32 Å². The molecule has 2 N–H and O–H groups in total. The van der Waals surface area contributed by atoms with E-state index in [2.05, 4.69) is 10.3 Å². The van der Waals surface area contributed by atoms with Crippen LogP contribution in [0.1, 0.15) is 49.0 Å². The summed E-state index contributed by atoms with van der Waals surface area (Å²) >= 11 is 0. The maximum atomic E-state index is 11.9. The summed E-state index contributed by atoms with van der Waals surface area (Å²) in [5.41, 5.74) is -1.42. The van der Waals surface area contributed by atoms with Crippen LogP contribution in [-0.4, -0.2) is 15.1 Å². The molecule has 1 heterocycles. The normalized spacial score (nSPS) is 11.9. The summed E-state index contributed by atoms with van der Waals surface area (Å²) in [6.45, 7) is 11.3. The van der Waals surface area contributed by atoms with Gasteiger partial charge in [0.15, 0.2) is 0 Å². The summed E-state index contributed by atoms with van der Waals surface area (Å²) in [7, 11) is 0. The van der Waals surface area contributed by atoms with Crippen molar-refractivity contribution >= 4 is 5.82 Å². The number of hydrogen-bond donors (Lipinski definition) is 2. The Labute approximate surface area is 108 Å². The van der Waals surface area contributed by atoms with E-state index in [0.29, 0.717) is 5.82 Å². The number of nitrogens with zero attached hydrogens (tertiary/aromatic N) is 1. The number of aromatic nitrogens is 2. The van der Waals surface area contributed by atoms with Crippen molar-refractivity contribution in [2.45, 2.75) is 60.0 Å². The molecule has 18 heavy (non-hydrogen) atoms. The number of nitrogens with one attached hydrogen (secondary N) is 2. The Bertz CT molecular complexity index is 482. The molecule has 5 nitrogen and oxygen atoms in total. The van der Waals surface area contributed by atoms with Crippen LogP contribution >= 0.6 is 0 Å². The monoisotopic (exact) mass is 255 g/mol. The zero-order valence-electron chi connectivity index (χ0n) is 11.3. The number of anilines is 1.